The molecule has 0 saturated carbocycles. The van der Waals surface area contributed by atoms with Crippen molar-refractivity contribution in [3.05, 3.63) is 23.5 Å². The average Bonchev–Trinajstić information content (AvgIpc) is 2.69. The summed E-state index contributed by atoms with van der Waals surface area (Å²) in [5.74, 6) is 0.955. The lowest BCUT2D eigenvalue weighted by Crippen LogP contribution is -2.05. The average molecular weight is 208 g/mol. The molecule has 0 aromatic carbocycles. The molecule has 0 saturated heterocycles. The monoisotopic (exact) mass is 208 g/mol. The standard InChI is InChI=1S/C7H8N6S/c8-6-7(10-2-1-9-6)11-3-5-4-14-13-12-5/h1-2,4H,3H2,(H2,8,9)(H,10,11). The van der Waals surface area contributed by atoms with Crippen LogP contribution in [0.5, 0.6) is 0 Å². The third-order valence-electron chi connectivity index (χ3n) is 1.57. The van der Waals surface area contributed by atoms with Gasteiger partial charge < -0.3 is 11.1 Å². The minimum atomic E-state index is 0.385. The number of anilines is 2. The smallest absolute Gasteiger partial charge is 0.169 e. The van der Waals surface area contributed by atoms with Crippen LogP contribution < -0.4 is 11.1 Å². The van der Waals surface area contributed by atoms with Gasteiger partial charge in [0.15, 0.2) is 11.6 Å². The van der Waals surface area contributed by atoms with E-state index in [0.717, 1.165) is 5.69 Å². The molecule has 0 bridgehead atoms. The number of hydrogen-bond acceptors (Lipinski definition) is 7. The Morgan fingerprint density at radius 3 is 2.93 bits per heavy atom. The van der Waals surface area contributed by atoms with Crippen molar-refractivity contribution in [1.82, 2.24) is 19.6 Å². The molecule has 2 heterocycles. The molecule has 0 aliphatic carbocycles. The number of nitrogens with zero attached hydrogens (tertiary/aromatic N) is 4. The third-order valence-corrected chi connectivity index (χ3v) is 2.12. The molecule has 0 aliphatic rings. The van der Waals surface area contributed by atoms with E-state index < -0.39 is 0 Å². The zero-order chi connectivity index (χ0) is 9.80. The molecule has 6 nitrogen and oxygen atoms in total. The molecule has 0 fully saturated rings. The van der Waals surface area contributed by atoms with Crippen LogP contribution in [0.25, 0.3) is 0 Å². The maximum Gasteiger partial charge on any atom is 0.169 e. The van der Waals surface area contributed by atoms with Crippen LogP contribution in [-0.2, 0) is 6.54 Å². The van der Waals surface area contributed by atoms with Crippen LogP contribution in [0.1, 0.15) is 5.69 Å². The highest BCUT2D eigenvalue weighted by Crippen LogP contribution is 2.10. The second-order valence-corrected chi connectivity index (χ2v) is 3.15. The van der Waals surface area contributed by atoms with Crippen LogP contribution in [-0.4, -0.2) is 19.6 Å². The van der Waals surface area contributed by atoms with Crippen LogP contribution in [0, 0.1) is 0 Å². The number of nitrogens with two attached hydrogens (primary N) is 1. The topological polar surface area (TPSA) is 89.6 Å². The predicted molar refractivity (Wildman–Crippen MR) is 53.7 cm³/mol. The van der Waals surface area contributed by atoms with Crippen molar-refractivity contribution < 1.29 is 0 Å². The summed E-state index contributed by atoms with van der Waals surface area (Å²) in [7, 11) is 0. The maximum absolute atomic E-state index is 5.59. The van der Waals surface area contributed by atoms with Crippen molar-refractivity contribution in [1.29, 1.82) is 0 Å². The summed E-state index contributed by atoms with van der Waals surface area (Å²) in [5, 5.41) is 8.76. The third kappa shape index (κ3) is 1.94. The lowest BCUT2D eigenvalue weighted by molar-refractivity contribution is 0.986. The van der Waals surface area contributed by atoms with Crippen molar-refractivity contribution >= 4 is 23.2 Å². The Balaban J connectivity index is 2.02. The fourth-order valence-electron chi connectivity index (χ4n) is 0.920. The van der Waals surface area contributed by atoms with Gasteiger partial charge in [-0.2, -0.15) is 0 Å². The highest BCUT2D eigenvalue weighted by molar-refractivity contribution is 7.03. The van der Waals surface area contributed by atoms with Gasteiger partial charge in [-0.3, -0.25) is 0 Å². The quantitative estimate of drug-likeness (QED) is 0.764. The van der Waals surface area contributed by atoms with Crippen LogP contribution in [0.4, 0.5) is 11.6 Å². The molecule has 72 valence electrons. The highest BCUT2D eigenvalue weighted by atomic mass is 32.1. The molecule has 0 aliphatic heterocycles. The van der Waals surface area contributed by atoms with Gasteiger partial charge in [0.1, 0.15) is 0 Å². The van der Waals surface area contributed by atoms with E-state index in [1.54, 1.807) is 12.4 Å². The molecule has 0 amide bonds. The number of rotatable bonds is 3. The first kappa shape index (κ1) is 8.82. The molecule has 3 N–H and O–H groups in total. The van der Waals surface area contributed by atoms with Crippen molar-refractivity contribution in [2.24, 2.45) is 0 Å². The number of nitrogen functional groups attached to an aromatic ring is 1. The second-order valence-electron chi connectivity index (χ2n) is 2.54. The molecule has 0 spiro atoms. The van der Waals surface area contributed by atoms with E-state index in [2.05, 4.69) is 24.9 Å². The first-order valence-electron chi connectivity index (χ1n) is 3.92. The molecule has 0 radical (unpaired) electrons. The number of hydrogen-bond donors (Lipinski definition) is 2. The Hall–Kier alpha value is -1.76. The summed E-state index contributed by atoms with van der Waals surface area (Å²) in [6.45, 7) is 0.555. The molecule has 0 unspecified atom stereocenters. The van der Waals surface area contributed by atoms with Crippen molar-refractivity contribution in [2.45, 2.75) is 6.54 Å². The molecular formula is C7H8N6S. The van der Waals surface area contributed by atoms with Gasteiger partial charge in [0, 0.05) is 17.8 Å². The van der Waals surface area contributed by atoms with Gasteiger partial charge in [0.2, 0.25) is 0 Å². The summed E-state index contributed by atoms with van der Waals surface area (Å²) in [5.41, 5.74) is 6.45. The van der Waals surface area contributed by atoms with Crippen molar-refractivity contribution in [2.75, 3.05) is 11.1 Å². The highest BCUT2D eigenvalue weighted by Gasteiger charge is 2.01. The fraction of sp³-hybridized carbons (Fsp3) is 0.143. The molecule has 2 aromatic rings. The van der Waals surface area contributed by atoms with Gasteiger partial charge in [-0.05, 0) is 11.5 Å². The molecule has 2 rings (SSSR count). The summed E-state index contributed by atoms with van der Waals surface area (Å²) >= 11 is 1.31. The Morgan fingerprint density at radius 1 is 1.36 bits per heavy atom. The summed E-state index contributed by atoms with van der Waals surface area (Å²) in [4.78, 5) is 7.93. The predicted octanol–water partition coefficient (Wildman–Crippen LogP) is 0.522. The van der Waals surface area contributed by atoms with Gasteiger partial charge >= 0.3 is 0 Å². The SMILES string of the molecule is Nc1nccnc1NCc1csnn1. The zero-order valence-electron chi connectivity index (χ0n) is 7.21. The Labute approximate surface area is 84.4 Å². The van der Waals surface area contributed by atoms with Crippen LogP contribution >= 0.6 is 11.5 Å². The Morgan fingerprint density at radius 2 is 2.21 bits per heavy atom. The molecule has 14 heavy (non-hydrogen) atoms. The van der Waals surface area contributed by atoms with E-state index in [0.29, 0.717) is 18.2 Å². The second kappa shape index (κ2) is 3.97. The van der Waals surface area contributed by atoms with E-state index in [1.165, 1.54) is 11.5 Å². The van der Waals surface area contributed by atoms with Crippen molar-refractivity contribution in [3.8, 4) is 0 Å². The van der Waals surface area contributed by atoms with Crippen molar-refractivity contribution in [3.63, 3.8) is 0 Å². The molecule has 7 heteroatoms. The normalized spacial score (nSPS) is 10.0. The molecule has 0 atom stereocenters. The maximum atomic E-state index is 5.59. The minimum Gasteiger partial charge on any atom is -0.381 e. The Kier molecular flexibility index (Phi) is 2.50. The summed E-state index contributed by atoms with van der Waals surface area (Å²) in [6.07, 6.45) is 3.13. The van der Waals surface area contributed by atoms with E-state index in [4.69, 9.17) is 5.73 Å². The number of nitrogens with one attached hydrogen (secondary N) is 1. The molecule has 2 aromatic heterocycles. The zero-order valence-corrected chi connectivity index (χ0v) is 8.03. The van der Waals surface area contributed by atoms with Gasteiger partial charge in [0.25, 0.3) is 0 Å². The van der Waals surface area contributed by atoms with E-state index in [9.17, 15) is 0 Å². The first-order valence-corrected chi connectivity index (χ1v) is 4.76. The Bertz CT molecular complexity index is 400. The van der Waals surface area contributed by atoms with Gasteiger partial charge in [-0.1, -0.05) is 4.49 Å². The summed E-state index contributed by atoms with van der Waals surface area (Å²) in [6, 6.07) is 0. The van der Waals surface area contributed by atoms with Crippen LogP contribution in [0.3, 0.4) is 0 Å². The lowest BCUT2D eigenvalue weighted by Gasteiger charge is -2.03. The minimum absolute atomic E-state index is 0.385. The molecular weight excluding hydrogens is 200 g/mol. The van der Waals surface area contributed by atoms with Gasteiger partial charge in [0.05, 0.1) is 12.2 Å². The largest absolute Gasteiger partial charge is 0.381 e. The lowest BCUT2D eigenvalue weighted by atomic mass is 10.5. The number of aromatic nitrogens is 4. The van der Waals surface area contributed by atoms with Crippen LogP contribution in [0.15, 0.2) is 17.8 Å². The fourth-order valence-corrected chi connectivity index (χ4v) is 1.37. The van der Waals surface area contributed by atoms with Gasteiger partial charge in [-0.25, -0.2) is 9.97 Å². The summed E-state index contributed by atoms with van der Waals surface area (Å²) < 4.78 is 3.74. The van der Waals surface area contributed by atoms with Crippen LogP contribution in [0.2, 0.25) is 0 Å². The first-order chi connectivity index (χ1) is 6.86. The van der Waals surface area contributed by atoms with E-state index in [1.807, 2.05) is 5.38 Å². The van der Waals surface area contributed by atoms with Gasteiger partial charge in [-0.15, -0.1) is 5.10 Å². The van der Waals surface area contributed by atoms with E-state index >= 15 is 0 Å². The van der Waals surface area contributed by atoms with E-state index in [-0.39, 0.29) is 0 Å².